The van der Waals surface area contributed by atoms with Crippen molar-refractivity contribution in [2.45, 2.75) is 85.7 Å². The van der Waals surface area contributed by atoms with Crippen LogP contribution in [0.2, 0.25) is 0 Å². The Morgan fingerprint density at radius 2 is 1.79 bits per heavy atom. The lowest BCUT2D eigenvalue weighted by atomic mass is 10.1. The van der Waals surface area contributed by atoms with Crippen molar-refractivity contribution in [3.05, 3.63) is 16.0 Å². The van der Waals surface area contributed by atoms with Crippen LogP contribution in [0.25, 0.3) is 0 Å². The Balaban J connectivity index is 2.76. The van der Waals surface area contributed by atoms with E-state index in [2.05, 4.69) is 12.2 Å². The smallest absolute Gasteiger partial charge is 0.341 e. The van der Waals surface area contributed by atoms with E-state index in [0.29, 0.717) is 17.0 Å². The third kappa shape index (κ3) is 6.27. The standard InChI is InChI=1S/C19H31NO3S/c1-6-8-9-10-11-12-16(21)20-18-17(19(22)23-13(3)4)15(7-2)14(5)24-18/h13H,6-12H2,1-5H3,(H,20,21). The van der Waals surface area contributed by atoms with Crippen molar-refractivity contribution in [3.63, 3.8) is 0 Å². The molecule has 1 N–H and O–H groups in total. The minimum Gasteiger partial charge on any atom is -0.459 e. The molecule has 0 spiro atoms. The van der Waals surface area contributed by atoms with Gasteiger partial charge >= 0.3 is 5.97 Å². The van der Waals surface area contributed by atoms with Crippen LogP contribution in [-0.4, -0.2) is 18.0 Å². The molecule has 4 nitrogen and oxygen atoms in total. The van der Waals surface area contributed by atoms with E-state index in [1.54, 1.807) is 0 Å². The van der Waals surface area contributed by atoms with Gasteiger partial charge in [-0.15, -0.1) is 11.3 Å². The molecule has 0 bridgehead atoms. The zero-order valence-corrected chi connectivity index (χ0v) is 16.5. The fraction of sp³-hybridized carbons (Fsp3) is 0.684. The number of rotatable bonds is 10. The van der Waals surface area contributed by atoms with Gasteiger partial charge in [0.2, 0.25) is 5.91 Å². The molecule has 1 heterocycles. The molecule has 0 radical (unpaired) electrons. The molecule has 0 saturated carbocycles. The maximum Gasteiger partial charge on any atom is 0.341 e. The Morgan fingerprint density at radius 1 is 1.12 bits per heavy atom. The van der Waals surface area contributed by atoms with Gasteiger partial charge in [-0.3, -0.25) is 4.79 Å². The number of thiophene rings is 1. The molecule has 0 saturated heterocycles. The first-order valence-corrected chi connectivity index (χ1v) is 9.85. The number of aryl methyl sites for hydroxylation is 1. The van der Waals surface area contributed by atoms with Gasteiger partial charge in [-0.05, 0) is 39.2 Å². The Bertz CT molecular complexity index is 549. The topological polar surface area (TPSA) is 55.4 Å². The molecule has 0 unspecified atom stereocenters. The summed E-state index contributed by atoms with van der Waals surface area (Å²) in [6.45, 7) is 9.83. The van der Waals surface area contributed by atoms with Crippen LogP contribution in [-0.2, 0) is 16.0 Å². The number of hydrogen-bond donors (Lipinski definition) is 1. The molecular weight excluding hydrogens is 322 g/mol. The predicted molar refractivity (Wildman–Crippen MR) is 101 cm³/mol. The molecule has 1 aromatic heterocycles. The van der Waals surface area contributed by atoms with Gasteiger partial charge in [-0.1, -0.05) is 39.5 Å². The van der Waals surface area contributed by atoms with E-state index >= 15 is 0 Å². The number of esters is 1. The van der Waals surface area contributed by atoms with Crippen LogP contribution >= 0.6 is 11.3 Å². The van der Waals surface area contributed by atoms with E-state index in [-0.39, 0.29) is 18.0 Å². The number of amides is 1. The summed E-state index contributed by atoms with van der Waals surface area (Å²) in [6.07, 6.45) is 6.63. The third-order valence-corrected chi connectivity index (χ3v) is 4.93. The van der Waals surface area contributed by atoms with E-state index in [0.717, 1.165) is 29.7 Å². The van der Waals surface area contributed by atoms with Crippen molar-refractivity contribution in [1.29, 1.82) is 0 Å². The second-order valence-corrected chi connectivity index (χ2v) is 7.59. The molecule has 1 aromatic rings. The second kappa shape index (κ2) is 10.5. The van der Waals surface area contributed by atoms with Gasteiger partial charge in [0.15, 0.2) is 0 Å². The van der Waals surface area contributed by atoms with Crippen LogP contribution in [0.5, 0.6) is 0 Å². The fourth-order valence-electron chi connectivity index (χ4n) is 2.66. The summed E-state index contributed by atoms with van der Waals surface area (Å²) >= 11 is 1.46. The molecule has 0 aliphatic rings. The highest BCUT2D eigenvalue weighted by Crippen LogP contribution is 2.34. The van der Waals surface area contributed by atoms with Crippen LogP contribution in [0, 0.1) is 6.92 Å². The Labute approximate surface area is 150 Å². The lowest BCUT2D eigenvalue weighted by Gasteiger charge is -2.11. The number of anilines is 1. The molecule has 0 atom stereocenters. The number of ether oxygens (including phenoxy) is 1. The number of hydrogen-bond acceptors (Lipinski definition) is 4. The van der Waals surface area contributed by atoms with Crippen LogP contribution in [0.15, 0.2) is 0 Å². The van der Waals surface area contributed by atoms with E-state index in [9.17, 15) is 9.59 Å². The van der Waals surface area contributed by atoms with Crippen LogP contribution in [0.4, 0.5) is 5.00 Å². The lowest BCUT2D eigenvalue weighted by Crippen LogP contribution is -2.17. The zero-order valence-electron chi connectivity index (χ0n) is 15.7. The number of nitrogens with one attached hydrogen (secondary N) is 1. The average Bonchev–Trinajstić information content (AvgIpc) is 2.81. The number of carbonyl (C=O) groups is 2. The van der Waals surface area contributed by atoms with Crippen molar-refractivity contribution in [2.75, 3.05) is 5.32 Å². The van der Waals surface area contributed by atoms with Crippen LogP contribution in [0.1, 0.15) is 87.0 Å². The maximum absolute atomic E-state index is 12.4. The predicted octanol–water partition coefficient (Wildman–Crippen LogP) is 5.48. The molecule has 0 aliphatic carbocycles. The Hall–Kier alpha value is -1.36. The molecule has 1 rings (SSSR count). The summed E-state index contributed by atoms with van der Waals surface area (Å²) in [4.78, 5) is 25.7. The first-order chi connectivity index (χ1) is 11.4. The van der Waals surface area contributed by atoms with E-state index in [4.69, 9.17) is 4.74 Å². The summed E-state index contributed by atoms with van der Waals surface area (Å²) in [5.41, 5.74) is 1.51. The van der Waals surface area contributed by atoms with Crippen molar-refractivity contribution >= 4 is 28.2 Å². The van der Waals surface area contributed by atoms with Gasteiger partial charge in [0.25, 0.3) is 0 Å². The fourth-order valence-corrected chi connectivity index (χ4v) is 3.81. The maximum atomic E-state index is 12.4. The molecule has 0 aromatic carbocycles. The van der Waals surface area contributed by atoms with Crippen molar-refractivity contribution in [1.82, 2.24) is 0 Å². The highest BCUT2D eigenvalue weighted by Gasteiger charge is 2.24. The van der Waals surface area contributed by atoms with E-state index in [1.807, 2.05) is 27.7 Å². The summed E-state index contributed by atoms with van der Waals surface area (Å²) in [7, 11) is 0. The van der Waals surface area contributed by atoms with E-state index in [1.165, 1.54) is 30.6 Å². The van der Waals surface area contributed by atoms with Crippen molar-refractivity contribution < 1.29 is 14.3 Å². The van der Waals surface area contributed by atoms with Gasteiger partial charge in [-0.2, -0.15) is 0 Å². The molecule has 0 fully saturated rings. The Kier molecular flexibility index (Phi) is 9.04. The molecule has 0 aliphatic heterocycles. The van der Waals surface area contributed by atoms with Crippen LogP contribution < -0.4 is 5.32 Å². The van der Waals surface area contributed by atoms with Gasteiger partial charge < -0.3 is 10.1 Å². The first-order valence-electron chi connectivity index (χ1n) is 9.03. The molecule has 24 heavy (non-hydrogen) atoms. The quantitative estimate of drug-likeness (QED) is 0.447. The second-order valence-electron chi connectivity index (χ2n) is 6.36. The SMILES string of the molecule is CCCCCCCC(=O)Nc1sc(C)c(CC)c1C(=O)OC(C)C. The van der Waals surface area contributed by atoms with Gasteiger partial charge in [0.1, 0.15) is 5.00 Å². The van der Waals surface area contributed by atoms with E-state index < -0.39 is 0 Å². The highest BCUT2D eigenvalue weighted by molar-refractivity contribution is 7.16. The number of unbranched alkanes of at least 4 members (excludes halogenated alkanes) is 4. The normalized spacial score (nSPS) is 10.9. The van der Waals surface area contributed by atoms with Crippen molar-refractivity contribution in [3.8, 4) is 0 Å². The first kappa shape index (κ1) is 20.7. The summed E-state index contributed by atoms with van der Waals surface area (Å²) in [5, 5.41) is 3.56. The molecule has 136 valence electrons. The number of carbonyl (C=O) groups excluding carboxylic acids is 2. The summed E-state index contributed by atoms with van der Waals surface area (Å²) < 4.78 is 5.36. The third-order valence-electron chi connectivity index (χ3n) is 3.87. The zero-order chi connectivity index (χ0) is 18.1. The highest BCUT2D eigenvalue weighted by atomic mass is 32.1. The van der Waals surface area contributed by atoms with Crippen molar-refractivity contribution in [2.24, 2.45) is 0 Å². The van der Waals surface area contributed by atoms with Gasteiger partial charge in [0, 0.05) is 11.3 Å². The molecular formula is C19H31NO3S. The monoisotopic (exact) mass is 353 g/mol. The summed E-state index contributed by atoms with van der Waals surface area (Å²) in [6, 6.07) is 0. The lowest BCUT2D eigenvalue weighted by molar-refractivity contribution is -0.116. The molecule has 5 heteroatoms. The van der Waals surface area contributed by atoms with Gasteiger partial charge in [-0.25, -0.2) is 4.79 Å². The van der Waals surface area contributed by atoms with Gasteiger partial charge in [0.05, 0.1) is 11.7 Å². The summed E-state index contributed by atoms with van der Waals surface area (Å²) in [5.74, 6) is -0.363. The average molecular weight is 354 g/mol. The minimum absolute atomic E-state index is 0.0194. The largest absolute Gasteiger partial charge is 0.459 e. The minimum atomic E-state index is -0.343. The Morgan fingerprint density at radius 3 is 2.38 bits per heavy atom. The molecule has 1 amide bonds. The van der Waals surface area contributed by atoms with Crippen LogP contribution in [0.3, 0.4) is 0 Å².